The zero-order chi connectivity index (χ0) is 24.8. The predicted octanol–water partition coefficient (Wildman–Crippen LogP) is 7.03. The van der Waals surface area contributed by atoms with Crippen molar-refractivity contribution in [2.45, 2.75) is 57.8 Å². The fraction of sp³-hybridized carbons (Fsp3) is 0.345. The molecule has 0 aliphatic heterocycles. The number of carbonyl (C=O) groups is 2. The second-order valence-electron chi connectivity index (χ2n) is 9.36. The summed E-state index contributed by atoms with van der Waals surface area (Å²) in [6, 6.07) is 15.7. The standard InChI is InChI=1S/C29H31ClN2O3/c1-19-20(14-15-27(33)34)8-5-9-26(19)32-29(35)28(22-6-3-2-4-7-22)23-12-10-21(11-13-23)24-16-25(30)18-31-17-24/h5,8-13,16-18,22,28H,2-4,6-7,14-15H2,1H3,(H,32,35)(H,33,34). The van der Waals surface area contributed by atoms with E-state index >= 15 is 0 Å². The molecule has 2 aromatic carbocycles. The molecule has 1 heterocycles. The van der Waals surface area contributed by atoms with Gasteiger partial charge in [0, 0.05) is 30.1 Å². The van der Waals surface area contributed by atoms with Gasteiger partial charge in [0.2, 0.25) is 5.91 Å². The van der Waals surface area contributed by atoms with E-state index in [0.29, 0.717) is 11.4 Å². The van der Waals surface area contributed by atoms with Gasteiger partial charge >= 0.3 is 5.97 Å². The van der Waals surface area contributed by atoms with Crippen molar-refractivity contribution >= 4 is 29.2 Å². The molecule has 0 bridgehead atoms. The summed E-state index contributed by atoms with van der Waals surface area (Å²) in [5.41, 5.74) is 5.57. The lowest BCUT2D eigenvalue weighted by Gasteiger charge is -2.30. The minimum Gasteiger partial charge on any atom is -0.481 e. The van der Waals surface area contributed by atoms with E-state index in [2.05, 4.69) is 10.3 Å². The highest BCUT2D eigenvalue weighted by Gasteiger charge is 2.31. The van der Waals surface area contributed by atoms with E-state index in [-0.39, 0.29) is 24.2 Å². The number of aromatic nitrogens is 1. The van der Waals surface area contributed by atoms with E-state index in [1.165, 1.54) is 6.42 Å². The van der Waals surface area contributed by atoms with Crippen LogP contribution in [0.15, 0.2) is 60.9 Å². The number of amides is 1. The molecule has 1 amide bonds. The number of aryl methyl sites for hydroxylation is 1. The topological polar surface area (TPSA) is 79.3 Å². The lowest BCUT2D eigenvalue weighted by atomic mass is 9.76. The first-order valence-electron chi connectivity index (χ1n) is 12.2. The third kappa shape index (κ3) is 6.29. The third-order valence-electron chi connectivity index (χ3n) is 7.02. The van der Waals surface area contributed by atoms with Crippen LogP contribution in [0.1, 0.15) is 61.1 Å². The summed E-state index contributed by atoms with van der Waals surface area (Å²) in [6.07, 6.45) is 9.48. The molecule has 182 valence electrons. The van der Waals surface area contributed by atoms with E-state index in [4.69, 9.17) is 16.7 Å². The Morgan fingerprint density at radius 3 is 2.49 bits per heavy atom. The maximum atomic E-state index is 13.7. The third-order valence-corrected chi connectivity index (χ3v) is 7.23. The molecule has 1 aliphatic carbocycles. The van der Waals surface area contributed by atoms with Crippen LogP contribution < -0.4 is 5.32 Å². The molecule has 6 heteroatoms. The van der Waals surface area contributed by atoms with Gasteiger partial charge in [-0.25, -0.2) is 0 Å². The average molecular weight is 491 g/mol. The Labute approximate surface area is 211 Å². The maximum Gasteiger partial charge on any atom is 0.303 e. The first-order valence-corrected chi connectivity index (χ1v) is 12.6. The average Bonchev–Trinajstić information content (AvgIpc) is 2.86. The largest absolute Gasteiger partial charge is 0.481 e. The van der Waals surface area contributed by atoms with Crippen LogP contribution in [0.25, 0.3) is 11.1 Å². The van der Waals surface area contributed by atoms with Crippen LogP contribution >= 0.6 is 11.6 Å². The van der Waals surface area contributed by atoms with Gasteiger partial charge in [0.05, 0.1) is 10.9 Å². The summed E-state index contributed by atoms with van der Waals surface area (Å²) in [6.45, 7) is 1.94. The van der Waals surface area contributed by atoms with Crippen LogP contribution in [0, 0.1) is 12.8 Å². The van der Waals surface area contributed by atoms with Crippen molar-refractivity contribution in [1.29, 1.82) is 0 Å². The van der Waals surface area contributed by atoms with Gasteiger partial charge in [0.15, 0.2) is 0 Å². The molecule has 0 radical (unpaired) electrons. The van der Waals surface area contributed by atoms with Crippen molar-refractivity contribution in [3.05, 3.63) is 82.6 Å². The SMILES string of the molecule is Cc1c(CCC(=O)O)cccc1NC(=O)C(c1ccc(-c2cncc(Cl)c2)cc1)C1CCCCC1. The fourth-order valence-electron chi connectivity index (χ4n) is 5.10. The number of nitrogens with zero attached hydrogens (tertiary/aromatic N) is 1. The van der Waals surface area contributed by atoms with Crippen molar-refractivity contribution in [2.24, 2.45) is 5.92 Å². The number of halogens is 1. The van der Waals surface area contributed by atoms with E-state index < -0.39 is 5.97 Å². The molecule has 35 heavy (non-hydrogen) atoms. The second-order valence-corrected chi connectivity index (χ2v) is 9.80. The molecule has 4 rings (SSSR count). The number of benzene rings is 2. The van der Waals surface area contributed by atoms with Crippen molar-refractivity contribution in [1.82, 2.24) is 4.98 Å². The summed E-state index contributed by atoms with van der Waals surface area (Å²) in [5.74, 6) is -0.789. The van der Waals surface area contributed by atoms with Crippen LogP contribution in [0.5, 0.6) is 0 Å². The monoisotopic (exact) mass is 490 g/mol. The molecular weight excluding hydrogens is 460 g/mol. The van der Waals surface area contributed by atoms with Crippen LogP contribution in [0.2, 0.25) is 5.02 Å². The first-order chi connectivity index (χ1) is 16.9. The Morgan fingerprint density at radius 2 is 1.80 bits per heavy atom. The maximum absolute atomic E-state index is 13.7. The normalized spacial score (nSPS) is 14.9. The molecule has 1 unspecified atom stereocenters. The minimum absolute atomic E-state index is 0.00689. The summed E-state index contributed by atoms with van der Waals surface area (Å²) in [7, 11) is 0. The van der Waals surface area contributed by atoms with Gasteiger partial charge in [0.25, 0.3) is 0 Å². The zero-order valence-electron chi connectivity index (χ0n) is 20.0. The van der Waals surface area contributed by atoms with Gasteiger partial charge in [-0.1, -0.05) is 67.3 Å². The lowest BCUT2D eigenvalue weighted by molar-refractivity contribution is -0.137. The number of anilines is 1. The highest BCUT2D eigenvalue weighted by Crippen LogP contribution is 2.38. The van der Waals surface area contributed by atoms with Crippen molar-refractivity contribution in [3.8, 4) is 11.1 Å². The number of hydrogen-bond acceptors (Lipinski definition) is 3. The minimum atomic E-state index is -0.826. The lowest BCUT2D eigenvalue weighted by Crippen LogP contribution is -2.29. The van der Waals surface area contributed by atoms with Crippen LogP contribution in [-0.2, 0) is 16.0 Å². The van der Waals surface area contributed by atoms with Gasteiger partial charge in [0.1, 0.15) is 0 Å². The van der Waals surface area contributed by atoms with Crippen molar-refractivity contribution < 1.29 is 14.7 Å². The molecule has 3 aromatic rings. The Kier molecular flexibility index (Phi) is 8.19. The number of hydrogen-bond donors (Lipinski definition) is 2. The smallest absolute Gasteiger partial charge is 0.303 e. The molecule has 0 saturated heterocycles. The highest BCUT2D eigenvalue weighted by atomic mass is 35.5. The van der Waals surface area contributed by atoms with Gasteiger partial charge in [-0.05, 0) is 66.5 Å². The first kappa shape index (κ1) is 24.9. The van der Waals surface area contributed by atoms with E-state index in [0.717, 1.165) is 59.2 Å². The molecule has 1 aliphatic rings. The van der Waals surface area contributed by atoms with Crippen LogP contribution in [-0.4, -0.2) is 22.0 Å². The van der Waals surface area contributed by atoms with Crippen molar-refractivity contribution in [2.75, 3.05) is 5.32 Å². The van der Waals surface area contributed by atoms with Crippen LogP contribution in [0.4, 0.5) is 5.69 Å². The van der Waals surface area contributed by atoms with Crippen molar-refractivity contribution in [3.63, 3.8) is 0 Å². The van der Waals surface area contributed by atoms with E-state index in [9.17, 15) is 9.59 Å². The molecule has 5 nitrogen and oxygen atoms in total. The quantitative estimate of drug-likeness (QED) is 0.355. The van der Waals surface area contributed by atoms with Gasteiger partial charge in [-0.3, -0.25) is 14.6 Å². The molecular formula is C29H31ClN2O3. The summed E-state index contributed by atoms with van der Waals surface area (Å²) >= 11 is 6.11. The Hall–Kier alpha value is -3.18. The van der Waals surface area contributed by atoms with Gasteiger partial charge in [-0.2, -0.15) is 0 Å². The number of aliphatic carboxylic acids is 1. The molecule has 1 saturated carbocycles. The second kappa shape index (κ2) is 11.5. The number of pyridine rings is 1. The Morgan fingerprint density at radius 1 is 1.06 bits per heavy atom. The molecule has 0 spiro atoms. The Balaban J connectivity index is 1.59. The predicted molar refractivity (Wildman–Crippen MR) is 140 cm³/mol. The fourth-order valence-corrected chi connectivity index (χ4v) is 5.27. The summed E-state index contributed by atoms with van der Waals surface area (Å²) in [4.78, 5) is 28.9. The summed E-state index contributed by atoms with van der Waals surface area (Å²) in [5, 5.41) is 12.8. The number of nitrogens with one attached hydrogen (secondary N) is 1. The molecule has 1 aromatic heterocycles. The molecule has 1 fully saturated rings. The number of carboxylic acids is 1. The van der Waals surface area contributed by atoms with Gasteiger partial charge in [-0.15, -0.1) is 0 Å². The van der Waals surface area contributed by atoms with Gasteiger partial charge < -0.3 is 10.4 Å². The number of carboxylic acid groups (broad SMARTS) is 1. The van der Waals surface area contributed by atoms with E-state index in [1.54, 1.807) is 12.4 Å². The number of rotatable bonds is 8. The zero-order valence-corrected chi connectivity index (χ0v) is 20.7. The summed E-state index contributed by atoms with van der Waals surface area (Å²) < 4.78 is 0. The number of carbonyl (C=O) groups excluding carboxylic acids is 1. The van der Waals surface area contributed by atoms with Crippen LogP contribution in [0.3, 0.4) is 0 Å². The van der Waals surface area contributed by atoms with E-state index in [1.807, 2.05) is 55.5 Å². The molecule has 2 N–H and O–H groups in total. The molecule has 1 atom stereocenters. The highest BCUT2D eigenvalue weighted by molar-refractivity contribution is 6.30. The Bertz CT molecular complexity index is 1190.